The van der Waals surface area contributed by atoms with Crippen molar-refractivity contribution in [3.63, 3.8) is 0 Å². The molecule has 1 atom stereocenters. The van der Waals surface area contributed by atoms with Crippen LogP contribution in [0.15, 0.2) is 24.3 Å². The van der Waals surface area contributed by atoms with Crippen molar-refractivity contribution >= 4 is 32.6 Å². The first-order valence-corrected chi connectivity index (χ1v) is 7.11. The van der Waals surface area contributed by atoms with Crippen LogP contribution in [0.25, 0.3) is 0 Å². The average molecular weight is 276 g/mol. The van der Waals surface area contributed by atoms with E-state index in [1.165, 1.54) is 12.1 Å². The van der Waals surface area contributed by atoms with Gasteiger partial charge in [-0.2, -0.15) is 0 Å². The fraction of sp³-hybridized carbons (Fsp3) is 0.364. The van der Waals surface area contributed by atoms with E-state index in [4.69, 9.17) is 11.6 Å². The summed E-state index contributed by atoms with van der Waals surface area (Å²) in [4.78, 5) is 11.1. The SMILES string of the molecule is CCC(C)S(=O)(=O)Nc1ccccc1C(=O)Cl. The fourth-order valence-electron chi connectivity index (χ4n) is 1.22. The number of rotatable bonds is 5. The maximum absolute atomic E-state index is 11.8. The number of hydrogen-bond acceptors (Lipinski definition) is 3. The van der Waals surface area contributed by atoms with Gasteiger partial charge in [0.25, 0.3) is 5.24 Å². The quantitative estimate of drug-likeness (QED) is 0.840. The number of benzene rings is 1. The van der Waals surface area contributed by atoms with Crippen molar-refractivity contribution in [2.75, 3.05) is 4.72 Å². The van der Waals surface area contributed by atoms with Gasteiger partial charge in [-0.1, -0.05) is 19.1 Å². The highest BCUT2D eigenvalue weighted by molar-refractivity contribution is 7.93. The summed E-state index contributed by atoms with van der Waals surface area (Å²) < 4.78 is 26.1. The Bertz CT molecular complexity index is 513. The molecule has 0 heterocycles. The van der Waals surface area contributed by atoms with Crippen LogP contribution in [0.4, 0.5) is 5.69 Å². The lowest BCUT2D eigenvalue weighted by Crippen LogP contribution is -2.25. The van der Waals surface area contributed by atoms with Crippen molar-refractivity contribution < 1.29 is 13.2 Å². The van der Waals surface area contributed by atoms with Gasteiger partial charge < -0.3 is 0 Å². The van der Waals surface area contributed by atoms with E-state index in [0.29, 0.717) is 6.42 Å². The van der Waals surface area contributed by atoms with Gasteiger partial charge in [0, 0.05) is 0 Å². The van der Waals surface area contributed by atoms with Crippen LogP contribution in [0, 0.1) is 0 Å². The Hall–Kier alpha value is -1.07. The van der Waals surface area contributed by atoms with Gasteiger partial charge in [0.15, 0.2) is 0 Å². The van der Waals surface area contributed by atoms with Crippen LogP contribution in [-0.4, -0.2) is 18.9 Å². The first-order valence-electron chi connectivity index (χ1n) is 5.19. The van der Waals surface area contributed by atoms with Crippen LogP contribution in [-0.2, 0) is 10.0 Å². The molecular weight excluding hydrogens is 262 g/mol. The third-order valence-corrected chi connectivity index (χ3v) is 4.60. The Morgan fingerprint density at radius 2 is 2.00 bits per heavy atom. The van der Waals surface area contributed by atoms with Gasteiger partial charge in [-0.3, -0.25) is 9.52 Å². The predicted molar refractivity (Wildman–Crippen MR) is 68.9 cm³/mol. The van der Waals surface area contributed by atoms with Gasteiger partial charge in [-0.25, -0.2) is 8.42 Å². The largest absolute Gasteiger partial charge is 0.283 e. The highest BCUT2D eigenvalue weighted by Gasteiger charge is 2.20. The van der Waals surface area contributed by atoms with Crippen molar-refractivity contribution in [2.45, 2.75) is 25.5 Å². The molecule has 0 aliphatic heterocycles. The molecule has 1 N–H and O–H groups in total. The van der Waals surface area contributed by atoms with E-state index < -0.39 is 20.5 Å². The van der Waals surface area contributed by atoms with E-state index in [1.807, 2.05) is 0 Å². The number of carbonyl (C=O) groups is 1. The minimum Gasteiger partial charge on any atom is -0.283 e. The summed E-state index contributed by atoms with van der Waals surface area (Å²) in [6.07, 6.45) is 0.492. The molecule has 4 nitrogen and oxygen atoms in total. The number of nitrogens with one attached hydrogen (secondary N) is 1. The number of anilines is 1. The lowest BCUT2D eigenvalue weighted by molar-refractivity contribution is 0.108. The molecule has 6 heteroatoms. The van der Waals surface area contributed by atoms with E-state index >= 15 is 0 Å². The molecule has 0 saturated heterocycles. The van der Waals surface area contributed by atoms with Crippen LogP contribution in [0.5, 0.6) is 0 Å². The minimum absolute atomic E-state index is 0.154. The maximum Gasteiger partial charge on any atom is 0.254 e. The second-order valence-electron chi connectivity index (χ2n) is 3.69. The molecule has 0 radical (unpaired) electrons. The van der Waals surface area contributed by atoms with Crippen LogP contribution < -0.4 is 4.72 Å². The molecule has 94 valence electrons. The molecule has 0 saturated carbocycles. The average Bonchev–Trinajstić information content (AvgIpc) is 2.27. The van der Waals surface area contributed by atoms with E-state index in [1.54, 1.807) is 26.0 Å². The zero-order valence-corrected chi connectivity index (χ0v) is 11.2. The van der Waals surface area contributed by atoms with Gasteiger partial charge in [0.2, 0.25) is 10.0 Å². The standard InChI is InChI=1S/C11H14ClNO3S/c1-3-8(2)17(15,16)13-10-7-5-4-6-9(10)11(12)14/h4-8,13H,3H2,1-2H3. The molecule has 0 amide bonds. The van der Waals surface area contributed by atoms with Crippen molar-refractivity contribution in [1.82, 2.24) is 0 Å². The summed E-state index contributed by atoms with van der Waals surface area (Å²) in [7, 11) is -3.48. The first-order chi connectivity index (χ1) is 7.88. The maximum atomic E-state index is 11.8. The fourth-order valence-corrected chi connectivity index (χ4v) is 2.51. The van der Waals surface area contributed by atoms with Crippen molar-refractivity contribution in [3.05, 3.63) is 29.8 Å². The first kappa shape index (κ1) is 14.0. The minimum atomic E-state index is -3.48. The molecule has 0 aliphatic carbocycles. The number of hydrogen-bond donors (Lipinski definition) is 1. The number of para-hydroxylation sites is 1. The van der Waals surface area contributed by atoms with Crippen LogP contribution in [0.1, 0.15) is 30.6 Å². The summed E-state index contributed by atoms with van der Waals surface area (Å²) >= 11 is 5.38. The van der Waals surface area contributed by atoms with E-state index in [9.17, 15) is 13.2 Å². The predicted octanol–water partition coefficient (Wildman–Crippen LogP) is 2.61. The second-order valence-corrected chi connectivity index (χ2v) is 6.13. The van der Waals surface area contributed by atoms with Crippen LogP contribution >= 0.6 is 11.6 Å². The van der Waals surface area contributed by atoms with E-state index in [0.717, 1.165) is 0 Å². The van der Waals surface area contributed by atoms with Gasteiger partial charge >= 0.3 is 0 Å². The Balaban J connectivity index is 3.08. The zero-order chi connectivity index (χ0) is 13.1. The normalized spacial score (nSPS) is 13.1. The third-order valence-electron chi connectivity index (χ3n) is 2.50. The molecule has 17 heavy (non-hydrogen) atoms. The van der Waals surface area contributed by atoms with Crippen molar-refractivity contribution in [1.29, 1.82) is 0 Å². The molecular formula is C11H14ClNO3S. The lowest BCUT2D eigenvalue weighted by atomic mass is 10.2. The Kier molecular flexibility index (Phi) is 4.54. The summed E-state index contributed by atoms with van der Waals surface area (Å²) in [6, 6.07) is 6.24. The molecule has 0 bridgehead atoms. The molecule has 0 aromatic heterocycles. The number of sulfonamides is 1. The Labute approximate surface area is 106 Å². The lowest BCUT2D eigenvalue weighted by Gasteiger charge is -2.14. The Morgan fingerprint density at radius 3 is 2.53 bits per heavy atom. The second kappa shape index (κ2) is 5.51. The van der Waals surface area contributed by atoms with Crippen LogP contribution in [0.2, 0.25) is 0 Å². The summed E-state index contributed by atoms with van der Waals surface area (Å²) in [5.41, 5.74) is 0.369. The summed E-state index contributed by atoms with van der Waals surface area (Å²) in [5.74, 6) is 0. The molecule has 0 spiro atoms. The zero-order valence-electron chi connectivity index (χ0n) is 9.60. The van der Waals surface area contributed by atoms with Gasteiger partial charge in [0.05, 0.1) is 16.5 Å². The van der Waals surface area contributed by atoms with E-state index in [-0.39, 0.29) is 11.3 Å². The van der Waals surface area contributed by atoms with Gasteiger partial charge in [-0.15, -0.1) is 0 Å². The molecule has 1 unspecified atom stereocenters. The third kappa shape index (κ3) is 3.44. The van der Waals surface area contributed by atoms with Crippen LogP contribution in [0.3, 0.4) is 0 Å². The summed E-state index contributed by atoms with van der Waals surface area (Å²) in [5, 5.41) is -1.21. The molecule has 1 aromatic rings. The molecule has 0 fully saturated rings. The number of carbonyl (C=O) groups excluding carboxylic acids is 1. The van der Waals surface area contributed by atoms with Gasteiger partial charge in [-0.05, 0) is 37.1 Å². The smallest absolute Gasteiger partial charge is 0.254 e. The van der Waals surface area contributed by atoms with E-state index in [2.05, 4.69) is 4.72 Å². The summed E-state index contributed by atoms with van der Waals surface area (Å²) in [6.45, 7) is 3.38. The highest BCUT2D eigenvalue weighted by Crippen LogP contribution is 2.20. The Morgan fingerprint density at radius 1 is 1.41 bits per heavy atom. The monoisotopic (exact) mass is 275 g/mol. The molecule has 1 rings (SSSR count). The van der Waals surface area contributed by atoms with Crippen molar-refractivity contribution in [3.8, 4) is 0 Å². The molecule has 1 aromatic carbocycles. The molecule has 0 aliphatic rings. The van der Waals surface area contributed by atoms with Gasteiger partial charge in [0.1, 0.15) is 0 Å². The topological polar surface area (TPSA) is 63.2 Å². The number of halogens is 1. The van der Waals surface area contributed by atoms with Crippen molar-refractivity contribution in [2.24, 2.45) is 0 Å². The highest BCUT2D eigenvalue weighted by atomic mass is 35.5.